The van der Waals surface area contributed by atoms with E-state index in [1.54, 1.807) is 0 Å². The second kappa shape index (κ2) is 12.4. The molecule has 0 amide bonds. The minimum atomic E-state index is 0. The highest BCUT2D eigenvalue weighted by Crippen LogP contribution is 2.16. The predicted molar refractivity (Wildman–Crippen MR) is 112 cm³/mol. The van der Waals surface area contributed by atoms with Crippen LogP contribution >= 0.6 is 24.0 Å². The minimum absolute atomic E-state index is 0. The minimum Gasteiger partial charge on any atom is -0.492 e. The second-order valence-corrected chi connectivity index (χ2v) is 5.73. The molecule has 2 rings (SSSR count). The Kier molecular flexibility index (Phi) is 10.8. The fourth-order valence-corrected chi connectivity index (χ4v) is 2.91. The van der Waals surface area contributed by atoms with Crippen LogP contribution in [-0.2, 0) is 0 Å². The number of para-hydroxylation sites is 1. The quantitative estimate of drug-likeness (QED) is 0.279. The van der Waals surface area contributed by atoms with Crippen LogP contribution < -0.4 is 15.4 Å². The maximum atomic E-state index is 5.69. The van der Waals surface area contributed by atoms with Gasteiger partial charge in [0, 0.05) is 12.6 Å². The third kappa shape index (κ3) is 7.25. The van der Waals surface area contributed by atoms with Crippen molar-refractivity contribution in [1.82, 2.24) is 15.5 Å². The molecule has 1 aromatic carbocycles. The smallest absolute Gasteiger partial charge is 0.191 e. The van der Waals surface area contributed by atoms with Gasteiger partial charge in [-0.2, -0.15) is 0 Å². The van der Waals surface area contributed by atoms with E-state index in [4.69, 9.17) is 9.73 Å². The van der Waals surface area contributed by atoms with Crippen molar-refractivity contribution in [2.45, 2.75) is 32.7 Å². The van der Waals surface area contributed by atoms with Crippen LogP contribution in [0.1, 0.15) is 26.7 Å². The van der Waals surface area contributed by atoms with Crippen molar-refractivity contribution in [3.05, 3.63) is 30.3 Å². The van der Waals surface area contributed by atoms with E-state index in [1.165, 1.54) is 19.4 Å². The molecule has 6 heteroatoms. The lowest BCUT2D eigenvalue weighted by atomic mass is 10.2. The lowest BCUT2D eigenvalue weighted by Crippen LogP contribution is -2.40. The Morgan fingerprint density at radius 1 is 1.25 bits per heavy atom. The summed E-state index contributed by atoms with van der Waals surface area (Å²) in [4.78, 5) is 7.25. The molecule has 136 valence electrons. The lowest BCUT2D eigenvalue weighted by molar-refractivity contribution is 0.273. The monoisotopic (exact) mass is 446 g/mol. The summed E-state index contributed by atoms with van der Waals surface area (Å²) in [5.41, 5.74) is 0. The van der Waals surface area contributed by atoms with E-state index in [0.29, 0.717) is 12.6 Å². The van der Waals surface area contributed by atoms with Gasteiger partial charge in [0.25, 0.3) is 0 Å². The van der Waals surface area contributed by atoms with Gasteiger partial charge in [-0.15, -0.1) is 24.0 Å². The van der Waals surface area contributed by atoms with Crippen LogP contribution in [0, 0.1) is 0 Å². The van der Waals surface area contributed by atoms with E-state index >= 15 is 0 Å². The number of halogens is 1. The number of hydrogen-bond donors (Lipinski definition) is 2. The zero-order valence-corrected chi connectivity index (χ0v) is 17.2. The molecule has 1 aliphatic rings. The second-order valence-electron chi connectivity index (χ2n) is 5.73. The topological polar surface area (TPSA) is 48.9 Å². The molecule has 0 saturated carbocycles. The number of hydrogen-bond acceptors (Lipinski definition) is 3. The van der Waals surface area contributed by atoms with E-state index in [-0.39, 0.29) is 24.0 Å². The summed E-state index contributed by atoms with van der Waals surface area (Å²) in [6, 6.07) is 10.5. The highest BCUT2D eigenvalue weighted by molar-refractivity contribution is 14.0. The van der Waals surface area contributed by atoms with Gasteiger partial charge in [0.2, 0.25) is 0 Å². The Bertz CT molecular complexity index is 469. The van der Waals surface area contributed by atoms with E-state index < -0.39 is 0 Å². The molecule has 1 aliphatic heterocycles. The Balaban J connectivity index is 0.00000288. The van der Waals surface area contributed by atoms with Crippen LogP contribution in [0.4, 0.5) is 0 Å². The lowest BCUT2D eigenvalue weighted by Gasteiger charge is -2.21. The molecule has 5 nitrogen and oxygen atoms in total. The van der Waals surface area contributed by atoms with Gasteiger partial charge in [-0.05, 0) is 45.0 Å². The standard InChI is InChI=1S/C18H30N4O.HI/c1-3-19-18(21-15-16-9-8-13-22(16)4-2)20-12-14-23-17-10-6-5-7-11-17;/h5-7,10-11,16H,3-4,8-9,12-15H2,1-2H3,(H2,19,20,21);1H. The Morgan fingerprint density at radius 3 is 2.75 bits per heavy atom. The average Bonchev–Trinajstić information content (AvgIpc) is 3.05. The number of benzene rings is 1. The van der Waals surface area contributed by atoms with Crippen molar-refractivity contribution in [2.24, 2.45) is 4.99 Å². The highest BCUT2D eigenvalue weighted by Gasteiger charge is 2.22. The van der Waals surface area contributed by atoms with Gasteiger partial charge in [-0.3, -0.25) is 9.89 Å². The molecule has 1 saturated heterocycles. The number of guanidine groups is 1. The molecule has 0 spiro atoms. The van der Waals surface area contributed by atoms with Gasteiger partial charge in [0.1, 0.15) is 12.4 Å². The number of likely N-dealkylation sites (N-methyl/N-ethyl adjacent to an activating group) is 1. The Labute approximate surface area is 163 Å². The van der Waals surface area contributed by atoms with E-state index in [2.05, 4.69) is 29.4 Å². The third-order valence-corrected chi connectivity index (χ3v) is 4.12. The molecule has 1 unspecified atom stereocenters. The number of nitrogens with one attached hydrogen (secondary N) is 2. The van der Waals surface area contributed by atoms with Crippen molar-refractivity contribution in [2.75, 3.05) is 39.3 Å². The normalized spacial score (nSPS) is 18.1. The number of nitrogens with zero attached hydrogens (tertiary/aromatic N) is 2. The van der Waals surface area contributed by atoms with Crippen LogP contribution in [0.3, 0.4) is 0 Å². The zero-order chi connectivity index (χ0) is 16.3. The molecule has 2 N–H and O–H groups in total. The molecule has 0 bridgehead atoms. The Hall–Kier alpha value is -1.02. The molecule has 1 atom stereocenters. The number of aliphatic imine (C=N–C) groups is 1. The SMILES string of the molecule is CCNC(=NCC1CCCN1CC)NCCOc1ccccc1.I. The first-order valence-corrected chi connectivity index (χ1v) is 8.77. The van der Waals surface area contributed by atoms with Gasteiger partial charge in [-0.25, -0.2) is 0 Å². The molecule has 0 radical (unpaired) electrons. The molecule has 1 aromatic rings. The Morgan fingerprint density at radius 2 is 2.04 bits per heavy atom. The average molecular weight is 446 g/mol. The fraction of sp³-hybridized carbons (Fsp3) is 0.611. The van der Waals surface area contributed by atoms with Crippen LogP contribution in [0.25, 0.3) is 0 Å². The van der Waals surface area contributed by atoms with Gasteiger partial charge in [0.05, 0.1) is 13.1 Å². The van der Waals surface area contributed by atoms with Crippen molar-refractivity contribution in [3.63, 3.8) is 0 Å². The van der Waals surface area contributed by atoms with Gasteiger partial charge in [0.15, 0.2) is 5.96 Å². The van der Waals surface area contributed by atoms with E-state index in [9.17, 15) is 0 Å². The predicted octanol–water partition coefficient (Wildman–Crippen LogP) is 2.72. The first-order chi connectivity index (χ1) is 11.3. The van der Waals surface area contributed by atoms with Crippen LogP contribution in [0.2, 0.25) is 0 Å². The van der Waals surface area contributed by atoms with Crippen LogP contribution in [0.15, 0.2) is 35.3 Å². The highest BCUT2D eigenvalue weighted by atomic mass is 127. The van der Waals surface area contributed by atoms with Crippen LogP contribution in [0.5, 0.6) is 5.75 Å². The summed E-state index contributed by atoms with van der Waals surface area (Å²) in [6.45, 7) is 9.75. The molecular weight excluding hydrogens is 415 g/mol. The summed E-state index contributed by atoms with van der Waals surface area (Å²) in [7, 11) is 0. The maximum absolute atomic E-state index is 5.69. The molecule has 1 heterocycles. The van der Waals surface area contributed by atoms with Crippen LogP contribution in [-0.4, -0.2) is 56.2 Å². The largest absolute Gasteiger partial charge is 0.492 e. The fourth-order valence-electron chi connectivity index (χ4n) is 2.91. The van der Waals surface area contributed by atoms with Crippen molar-refractivity contribution < 1.29 is 4.74 Å². The number of rotatable bonds is 8. The first-order valence-electron chi connectivity index (χ1n) is 8.77. The van der Waals surface area contributed by atoms with Gasteiger partial charge < -0.3 is 15.4 Å². The van der Waals surface area contributed by atoms with Crippen molar-refractivity contribution in [3.8, 4) is 5.75 Å². The van der Waals surface area contributed by atoms with Gasteiger partial charge in [-0.1, -0.05) is 25.1 Å². The molecule has 0 aliphatic carbocycles. The molecule has 24 heavy (non-hydrogen) atoms. The summed E-state index contributed by atoms with van der Waals surface area (Å²) in [5, 5.41) is 6.65. The van der Waals surface area contributed by atoms with Gasteiger partial charge >= 0.3 is 0 Å². The summed E-state index contributed by atoms with van der Waals surface area (Å²) in [5.74, 6) is 1.79. The zero-order valence-electron chi connectivity index (χ0n) is 14.8. The number of ether oxygens (including phenoxy) is 1. The van der Waals surface area contributed by atoms with E-state index in [1.807, 2.05) is 30.3 Å². The maximum Gasteiger partial charge on any atom is 0.191 e. The molecule has 1 fully saturated rings. The molecule has 0 aromatic heterocycles. The first kappa shape index (κ1) is 21.0. The van der Waals surface area contributed by atoms with Crippen molar-refractivity contribution in [1.29, 1.82) is 0 Å². The third-order valence-electron chi connectivity index (χ3n) is 4.12. The van der Waals surface area contributed by atoms with Crippen molar-refractivity contribution >= 4 is 29.9 Å². The number of likely N-dealkylation sites (tertiary alicyclic amines) is 1. The summed E-state index contributed by atoms with van der Waals surface area (Å²) >= 11 is 0. The van der Waals surface area contributed by atoms with E-state index in [0.717, 1.165) is 37.9 Å². The summed E-state index contributed by atoms with van der Waals surface area (Å²) in [6.07, 6.45) is 2.55. The summed E-state index contributed by atoms with van der Waals surface area (Å²) < 4.78 is 5.69. The molecular formula is C18H31IN4O.